The number of nitrogens with zero attached hydrogens (tertiary/aromatic N) is 2. The van der Waals surface area contributed by atoms with E-state index in [9.17, 15) is 18.0 Å². The van der Waals surface area contributed by atoms with Gasteiger partial charge in [-0.05, 0) is 54.6 Å². The average molecular weight is 581 g/mol. The van der Waals surface area contributed by atoms with Gasteiger partial charge in [-0.1, -0.05) is 45.9 Å². The van der Waals surface area contributed by atoms with Crippen molar-refractivity contribution in [1.82, 2.24) is 10.2 Å². The lowest BCUT2D eigenvalue weighted by atomic mass is 10.2. The van der Waals surface area contributed by atoms with E-state index < -0.39 is 15.9 Å². The number of anilines is 1. The summed E-state index contributed by atoms with van der Waals surface area (Å²) in [4.78, 5) is 32.2. The van der Waals surface area contributed by atoms with Crippen LogP contribution in [0.3, 0.4) is 0 Å². The van der Waals surface area contributed by atoms with Gasteiger partial charge in [-0.15, -0.1) is 0 Å². The van der Waals surface area contributed by atoms with Crippen LogP contribution in [0.5, 0.6) is 5.75 Å². The molecular formula is C25H23Cl2N3O5S2. The van der Waals surface area contributed by atoms with Crippen molar-refractivity contribution in [3.8, 4) is 5.75 Å². The molecule has 0 atom stereocenters. The number of hydrogen-bond acceptors (Lipinski definition) is 6. The molecule has 1 aliphatic heterocycles. The van der Waals surface area contributed by atoms with Crippen LogP contribution in [0, 0.1) is 0 Å². The van der Waals surface area contributed by atoms with Gasteiger partial charge in [0.25, 0.3) is 15.9 Å². The quantitative estimate of drug-likeness (QED) is 0.395. The first-order valence-corrected chi connectivity index (χ1v) is 14.6. The number of thioether (sulfide) groups is 1. The van der Waals surface area contributed by atoms with Crippen molar-refractivity contribution in [2.75, 3.05) is 35.6 Å². The summed E-state index contributed by atoms with van der Waals surface area (Å²) >= 11 is 13.9. The molecule has 3 aromatic carbocycles. The SMILES string of the molecule is O=C(NCC(=O)N1CCSCC1)c1ccc(S(=O)(=O)N(Oc2ccc(Cl)cc2Cl)c2ccccc2)cc1. The smallest absolute Gasteiger partial charge is 0.295 e. The lowest BCUT2D eigenvalue weighted by molar-refractivity contribution is -0.129. The third-order valence-electron chi connectivity index (χ3n) is 5.44. The molecule has 8 nitrogen and oxygen atoms in total. The van der Waals surface area contributed by atoms with Gasteiger partial charge >= 0.3 is 0 Å². The van der Waals surface area contributed by atoms with Crippen molar-refractivity contribution >= 4 is 62.5 Å². The largest absolute Gasteiger partial charge is 0.363 e. The zero-order valence-electron chi connectivity index (χ0n) is 19.5. The zero-order valence-corrected chi connectivity index (χ0v) is 22.6. The number of carbonyl (C=O) groups is 2. The number of para-hydroxylation sites is 1. The minimum atomic E-state index is -4.24. The van der Waals surface area contributed by atoms with E-state index in [1.165, 1.54) is 42.5 Å². The van der Waals surface area contributed by atoms with E-state index in [0.717, 1.165) is 16.0 Å². The first kappa shape index (κ1) is 27.1. The number of nitrogens with one attached hydrogen (secondary N) is 1. The Balaban J connectivity index is 1.51. The highest BCUT2D eigenvalue weighted by atomic mass is 35.5. The van der Waals surface area contributed by atoms with E-state index in [1.807, 2.05) is 0 Å². The molecule has 0 unspecified atom stereocenters. The summed E-state index contributed by atoms with van der Waals surface area (Å²) in [6.45, 7) is 1.20. The van der Waals surface area contributed by atoms with Crippen LogP contribution in [0.15, 0.2) is 77.7 Å². The van der Waals surface area contributed by atoms with Crippen LogP contribution in [-0.2, 0) is 14.8 Å². The van der Waals surface area contributed by atoms with Gasteiger partial charge in [-0.3, -0.25) is 9.59 Å². The minimum Gasteiger partial charge on any atom is -0.363 e. The second-order valence-electron chi connectivity index (χ2n) is 7.93. The molecule has 4 rings (SSSR count). The average Bonchev–Trinajstić information content (AvgIpc) is 2.92. The summed E-state index contributed by atoms with van der Waals surface area (Å²) in [6.07, 6.45) is 0. The van der Waals surface area contributed by atoms with Gasteiger partial charge in [0.2, 0.25) is 5.91 Å². The summed E-state index contributed by atoms with van der Waals surface area (Å²) < 4.78 is 27.9. The van der Waals surface area contributed by atoms with E-state index >= 15 is 0 Å². The Morgan fingerprint density at radius 3 is 2.30 bits per heavy atom. The minimum absolute atomic E-state index is 0.0893. The van der Waals surface area contributed by atoms with E-state index in [2.05, 4.69) is 5.32 Å². The summed E-state index contributed by atoms with van der Waals surface area (Å²) in [7, 11) is -4.24. The summed E-state index contributed by atoms with van der Waals surface area (Å²) in [5, 5.41) is 3.10. The molecule has 1 fully saturated rings. The van der Waals surface area contributed by atoms with E-state index in [4.69, 9.17) is 28.0 Å². The maximum absolute atomic E-state index is 13.6. The molecule has 0 radical (unpaired) electrons. The Hall–Kier alpha value is -2.92. The lowest BCUT2D eigenvalue weighted by Crippen LogP contribution is -2.43. The molecular weight excluding hydrogens is 557 g/mol. The number of sulfonamides is 1. The Morgan fingerprint density at radius 2 is 1.65 bits per heavy atom. The molecule has 0 bridgehead atoms. The molecule has 1 N–H and O–H groups in total. The van der Waals surface area contributed by atoms with Gasteiger partial charge in [-0.25, -0.2) is 0 Å². The monoisotopic (exact) mass is 579 g/mol. The van der Waals surface area contributed by atoms with Crippen molar-refractivity contribution in [3.63, 3.8) is 0 Å². The van der Waals surface area contributed by atoms with Crippen LogP contribution in [0.1, 0.15) is 10.4 Å². The first-order valence-electron chi connectivity index (χ1n) is 11.2. The summed E-state index contributed by atoms with van der Waals surface area (Å²) in [6, 6.07) is 18.0. The van der Waals surface area contributed by atoms with Crippen LogP contribution >= 0.6 is 35.0 Å². The molecule has 1 aliphatic rings. The molecule has 0 saturated carbocycles. The lowest BCUT2D eigenvalue weighted by Gasteiger charge is -2.26. The van der Waals surface area contributed by atoms with Gasteiger partial charge in [0.15, 0.2) is 5.75 Å². The molecule has 0 aliphatic carbocycles. The van der Waals surface area contributed by atoms with Gasteiger partial charge in [0.05, 0.1) is 22.2 Å². The number of rotatable bonds is 8. The van der Waals surface area contributed by atoms with Crippen LogP contribution in [0.4, 0.5) is 5.69 Å². The Kier molecular flexibility index (Phi) is 8.86. The molecule has 0 aromatic heterocycles. The third-order valence-corrected chi connectivity index (χ3v) is 8.50. The van der Waals surface area contributed by atoms with Gasteiger partial charge < -0.3 is 15.1 Å². The molecule has 37 heavy (non-hydrogen) atoms. The molecule has 194 valence electrons. The molecule has 3 aromatic rings. The predicted molar refractivity (Wildman–Crippen MR) is 146 cm³/mol. The topological polar surface area (TPSA) is 96.0 Å². The predicted octanol–water partition coefficient (Wildman–Crippen LogP) is 4.49. The zero-order chi connectivity index (χ0) is 26.4. The normalized spacial score (nSPS) is 13.6. The number of benzene rings is 3. The highest BCUT2D eigenvalue weighted by Gasteiger charge is 2.28. The standard InChI is InChI=1S/C25H23Cl2N3O5S2/c26-19-8-11-23(22(27)16-19)35-30(20-4-2-1-3-5-20)37(33,34)21-9-6-18(7-10-21)25(32)28-17-24(31)29-12-14-36-15-13-29/h1-11,16H,12-15,17H2,(H,28,32). The van der Waals surface area contributed by atoms with Gasteiger partial charge in [-0.2, -0.15) is 20.2 Å². The third kappa shape index (κ3) is 6.70. The van der Waals surface area contributed by atoms with E-state index in [0.29, 0.717) is 18.1 Å². The van der Waals surface area contributed by atoms with Crippen LogP contribution in [-0.4, -0.2) is 56.3 Å². The van der Waals surface area contributed by atoms with E-state index in [-0.39, 0.29) is 39.4 Å². The molecule has 12 heteroatoms. The highest BCUT2D eigenvalue weighted by Crippen LogP contribution is 2.32. The summed E-state index contributed by atoms with van der Waals surface area (Å²) in [5.74, 6) is 1.22. The van der Waals surface area contributed by atoms with E-state index in [1.54, 1.807) is 47.0 Å². The number of carbonyl (C=O) groups excluding carboxylic acids is 2. The van der Waals surface area contributed by atoms with Crippen molar-refractivity contribution in [2.45, 2.75) is 4.90 Å². The fraction of sp³-hybridized carbons (Fsp3) is 0.200. The fourth-order valence-electron chi connectivity index (χ4n) is 3.49. The van der Waals surface area contributed by atoms with Crippen molar-refractivity contribution in [2.24, 2.45) is 0 Å². The Morgan fingerprint density at radius 1 is 0.973 bits per heavy atom. The maximum Gasteiger partial charge on any atom is 0.295 e. The molecule has 1 heterocycles. The number of halogens is 2. The maximum atomic E-state index is 13.6. The van der Waals surface area contributed by atoms with Gasteiger partial charge in [0.1, 0.15) is 0 Å². The summed E-state index contributed by atoms with van der Waals surface area (Å²) in [5.41, 5.74) is 0.457. The van der Waals surface area contributed by atoms with Crippen molar-refractivity contribution in [3.05, 3.63) is 88.4 Å². The molecule has 0 spiro atoms. The first-order chi connectivity index (χ1) is 17.8. The number of hydrogen-bond donors (Lipinski definition) is 1. The highest BCUT2D eigenvalue weighted by molar-refractivity contribution is 7.99. The number of amides is 2. The Labute approximate surface area is 229 Å². The fourth-order valence-corrected chi connectivity index (χ4v) is 6.08. The van der Waals surface area contributed by atoms with Crippen LogP contribution in [0.2, 0.25) is 10.0 Å². The van der Waals surface area contributed by atoms with Crippen molar-refractivity contribution < 1.29 is 22.8 Å². The van der Waals surface area contributed by atoms with Crippen LogP contribution < -0.4 is 14.6 Å². The molecule has 1 saturated heterocycles. The van der Waals surface area contributed by atoms with Gasteiger partial charge in [0, 0.05) is 35.2 Å². The van der Waals surface area contributed by atoms with Crippen LogP contribution in [0.25, 0.3) is 0 Å². The second kappa shape index (κ2) is 12.1. The molecule has 2 amide bonds. The Bertz CT molecular complexity index is 1370. The van der Waals surface area contributed by atoms with Crippen molar-refractivity contribution in [1.29, 1.82) is 0 Å². The second-order valence-corrected chi connectivity index (χ2v) is 11.8.